The Kier molecular flexibility index (Phi) is 5.71. The Morgan fingerprint density at radius 3 is 2.61 bits per heavy atom. The van der Waals surface area contributed by atoms with Gasteiger partial charge in [-0.05, 0) is 29.7 Å². The summed E-state index contributed by atoms with van der Waals surface area (Å²) >= 11 is 3.14. The van der Waals surface area contributed by atoms with Crippen LogP contribution in [-0.4, -0.2) is 32.7 Å². The molecule has 1 aromatic carbocycles. The third kappa shape index (κ3) is 4.04. The molecule has 0 aliphatic rings. The van der Waals surface area contributed by atoms with Gasteiger partial charge in [-0.2, -0.15) is 0 Å². The molecule has 0 saturated carbocycles. The van der Waals surface area contributed by atoms with Crippen molar-refractivity contribution in [3.05, 3.63) is 35.1 Å². The molecule has 0 bridgehead atoms. The van der Waals surface area contributed by atoms with E-state index in [4.69, 9.17) is 5.11 Å². The number of hydrogen-bond acceptors (Lipinski definition) is 3. The quantitative estimate of drug-likeness (QED) is 0.696. The predicted molar refractivity (Wildman–Crippen MR) is 67.1 cm³/mol. The average Bonchev–Trinajstić information content (AvgIpc) is 2.31. The Labute approximate surface area is 112 Å². The summed E-state index contributed by atoms with van der Waals surface area (Å²) in [5, 5.41) is 28.6. The average molecular weight is 321 g/mol. The number of alkyl halides is 1. The summed E-state index contributed by atoms with van der Waals surface area (Å²) < 4.78 is 13.3. The molecule has 0 aromatic heterocycles. The van der Waals surface area contributed by atoms with E-state index in [0.29, 0.717) is 17.3 Å². The lowest BCUT2D eigenvalue weighted by atomic mass is 9.99. The molecule has 4 nitrogen and oxygen atoms in total. The van der Waals surface area contributed by atoms with E-state index in [1.54, 1.807) is 0 Å². The van der Waals surface area contributed by atoms with Gasteiger partial charge in [0.1, 0.15) is 11.9 Å². The lowest BCUT2D eigenvalue weighted by molar-refractivity contribution is -0.136. The van der Waals surface area contributed by atoms with Crippen molar-refractivity contribution in [2.45, 2.75) is 25.0 Å². The smallest absolute Gasteiger partial charge is 0.307 e. The van der Waals surface area contributed by atoms with E-state index in [2.05, 4.69) is 15.9 Å². The second-order valence-electron chi connectivity index (χ2n) is 3.91. The highest BCUT2D eigenvalue weighted by Gasteiger charge is 2.19. The lowest BCUT2D eigenvalue weighted by Crippen LogP contribution is -2.19. The van der Waals surface area contributed by atoms with Gasteiger partial charge in [0.05, 0.1) is 12.5 Å². The minimum absolute atomic E-state index is 0.00917. The molecule has 0 fully saturated rings. The van der Waals surface area contributed by atoms with Crippen LogP contribution >= 0.6 is 15.9 Å². The molecule has 1 aromatic rings. The number of hydrogen-bond donors (Lipinski definition) is 3. The first-order chi connectivity index (χ1) is 8.45. The number of carboxylic acid groups (broad SMARTS) is 1. The molecule has 18 heavy (non-hydrogen) atoms. The highest BCUT2D eigenvalue weighted by Crippen LogP contribution is 2.22. The minimum atomic E-state index is -1.16. The molecule has 3 N–H and O–H groups in total. The van der Waals surface area contributed by atoms with Crippen LogP contribution in [-0.2, 0) is 11.2 Å². The van der Waals surface area contributed by atoms with Crippen LogP contribution in [0.2, 0.25) is 0 Å². The Hall–Kier alpha value is -0.980. The summed E-state index contributed by atoms with van der Waals surface area (Å²) in [6.45, 7) is 0. The summed E-state index contributed by atoms with van der Waals surface area (Å²) in [5.74, 6) is -1.79. The first-order valence-electron chi connectivity index (χ1n) is 5.38. The topological polar surface area (TPSA) is 77.8 Å². The summed E-state index contributed by atoms with van der Waals surface area (Å²) in [7, 11) is 0. The maximum Gasteiger partial charge on any atom is 0.307 e. The summed E-state index contributed by atoms with van der Waals surface area (Å²) in [6, 6.07) is 3.70. The van der Waals surface area contributed by atoms with Gasteiger partial charge in [-0.1, -0.05) is 22.0 Å². The van der Waals surface area contributed by atoms with Gasteiger partial charge in [-0.3, -0.25) is 4.79 Å². The SMILES string of the molecule is O=C(O)Cc1cc(C(O)C(O)CCBr)ccc1F. The normalized spacial score (nSPS) is 14.2. The number of carbonyl (C=O) groups is 1. The van der Waals surface area contributed by atoms with Gasteiger partial charge in [-0.25, -0.2) is 4.39 Å². The van der Waals surface area contributed by atoms with Gasteiger partial charge < -0.3 is 15.3 Å². The monoisotopic (exact) mass is 320 g/mol. The van der Waals surface area contributed by atoms with E-state index in [9.17, 15) is 19.4 Å². The second-order valence-corrected chi connectivity index (χ2v) is 4.70. The van der Waals surface area contributed by atoms with Crippen LogP contribution in [0.5, 0.6) is 0 Å². The van der Waals surface area contributed by atoms with Crippen LogP contribution in [0.15, 0.2) is 18.2 Å². The van der Waals surface area contributed by atoms with Crippen LogP contribution < -0.4 is 0 Å². The zero-order chi connectivity index (χ0) is 13.7. The first kappa shape index (κ1) is 15.1. The van der Waals surface area contributed by atoms with Crippen molar-refractivity contribution >= 4 is 21.9 Å². The van der Waals surface area contributed by atoms with Gasteiger partial charge >= 0.3 is 5.97 Å². The Morgan fingerprint density at radius 2 is 2.06 bits per heavy atom. The third-order valence-electron chi connectivity index (χ3n) is 2.52. The van der Waals surface area contributed by atoms with Gasteiger partial charge in [0.25, 0.3) is 0 Å². The van der Waals surface area contributed by atoms with Crippen molar-refractivity contribution in [1.29, 1.82) is 0 Å². The van der Waals surface area contributed by atoms with Crippen LogP contribution in [0.1, 0.15) is 23.7 Å². The lowest BCUT2D eigenvalue weighted by Gasteiger charge is -2.18. The first-order valence-corrected chi connectivity index (χ1v) is 6.50. The van der Waals surface area contributed by atoms with Crippen LogP contribution in [0, 0.1) is 5.82 Å². The molecule has 2 atom stereocenters. The van der Waals surface area contributed by atoms with E-state index in [0.717, 1.165) is 6.07 Å². The fourth-order valence-electron chi connectivity index (χ4n) is 1.57. The zero-order valence-corrected chi connectivity index (χ0v) is 11.1. The van der Waals surface area contributed by atoms with Crippen molar-refractivity contribution in [3.63, 3.8) is 0 Å². The predicted octanol–water partition coefficient (Wildman–Crippen LogP) is 1.63. The van der Waals surface area contributed by atoms with Crippen LogP contribution in [0.25, 0.3) is 0 Å². The standard InChI is InChI=1S/C12H14BrFO4/c13-4-3-10(15)12(18)7-1-2-9(14)8(5-7)6-11(16)17/h1-2,5,10,12,15,18H,3-4,6H2,(H,16,17). The Balaban J connectivity index is 2.93. The highest BCUT2D eigenvalue weighted by atomic mass is 79.9. The second kappa shape index (κ2) is 6.82. The van der Waals surface area contributed by atoms with Gasteiger partial charge in [0.2, 0.25) is 0 Å². The summed E-state index contributed by atoms with van der Waals surface area (Å²) in [6.07, 6.45) is -2.25. The van der Waals surface area contributed by atoms with Crippen molar-refractivity contribution in [2.75, 3.05) is 5.33 Å². The number of aliphatic carboxylic acids is 1. The van der Waals surface area contributed by atoms with Crippen molar-refractivity contribution < 1.29 is 24.5 Å². The third-order valence-corrected chi connectivity index (χ3v) is 2.98. The Morgan fingerprint density at radius 1 is 1.39 bits per heavy atom. The molecule has 0 amide bonds. The van der Waals surface area contributed by atoms with E-state index >= 15 is 0 Å². The molecular formula is C12H14BrFO4. The molecular weight excluding hydrogens is 307 g/mol. The number of rotatable bonds is 6. The van der Waals surface area contributed by atoms with Crippen LogP contribution in [0.3, 0.4) is 0 Å². The van der Waals surface area contributed by atoms with Crippen molar-refractivity contribution in [2.24, 2.45) is 0 Å². The zero-order valence-electron chi connectivity index (χ0n) is 9.51. The number of benzene rings is 1. The molecule has 0 spiro atoms. The highest BCUT2D eigenvalue weighted by molar-refractivity contribution is 9.09. The molecule has 0 aliphatic heterocycles. The van der Waals surface area contributed by atoms with Crippen molar-refractivity contribution in [3.8, 4) is 0 Å². The molecule has 0 aliphatic carbocycles. The van der Waals surface area contributed by atoms with Crippen LogP contribution in [0.4, 0.5) is 4.39 Å². The van der Waals surface area contributed by atoms with Gasteiger partial charge in [-0.15, -0.1) is 0 Å². The van der Waals surface area contributed by atoms with E-state index in [1.807, 2.05) is 0 Å². The van der Waals surface area contributed by atoms with Crippen molar-refractivity contribution in [1.82, 2.24) is 0 Å². The summed E-state index contributed by atoms with van der Waals surface area (Å²) in [5.41, 5.74) is 0.297. The van der Waals surface area contributed by atoms with E-state index in [1.165, 1.54) is 12.1 Å². The van der Waals surface area contributed by atoms with Gasteiger partial charge in [0, 0.05) is 5.33 Å². The molecule has 0 saturated heterocycles. The molecule has 1 rings (SSSR count). The molecule has 100 valence electrons. The number of carboxylic acids is 1. The number of aliphatic hydroxyl groups is 2. The van der Waals surface area contributed by atoms with Gasteiger partial charge in [0.15, 0.2) is 0 Å². The minimum Gasteiger partial charge on any atom is -0.481 e. The maximum atomic E-state index is 13.3. The Bertz CT molecular complexity index is 425. The van der Waals surface area contributed by atoms with E-state index < -0.39 is 30.4 Å². The molecule has 0 radical (unpaired) electrons. The summed E-state index contributed by atoms with van der Waals surface area (Å²) in [4.78, 5) is 10.6. The maximum absolute atomic E-state index is 13.3. The fourth-order valence-corrected chi connectivity index (χ4v) is 2.04. The largest absolute Gasteiger partial charge is 0.481 e. The molecule has 0 heterocycles. The fraction of sp³-hybridized carbons (Fsp3) is 0.417. The molecule has 6 heteroatoms. The van der Waals surface area contributed by atoms with E-state index in [-0.39, 0.29) is 5.56 Å². The molecule has 2 unspecified atom stereocenters. The number of aliphatic hydroxyl groups excluding tert-OH is 2. The number of halogens is 2.